The van der Waals surface area contributed by atoms with Crippen molar-refractivity contribution in [1.82, 2.24) is 24.5 Å². The highest BCUT2D eigenvalue weighted by Gasteiger charge is 2.14. The first-order chi connectivity index (χ1) is 14.7. The lowest BCUT2D eigenvalue weighted by Gasteiger charge is -2.26. The highest BCUT2D eigenvalue weighted by molar-refractivity contribution is 5.71. The Hall–Kier alpha value is -3.11. The highest BCUT2D eigenvalue weighted by Crippen LogP contribution is 2.30. The Morgan fingerprint density at radius 2 is 1.83 bits per heavy atom. The van der Waals surface area contributed by atoms with Gasteiger partial charge in [0.15, 0.2) is 11.5 Å². The average molecular weight is 413 g/mol. The van der Waals surface area contributed by atoms with Gasteiger partial charge in [-0.15, -0.1) is 5.10 Å². The van der Waals surface area contributed by atoms with Crippen molar-refractivity contribution in [3.63, 3.8) is 0 Å². The third-order valence-electron chi connectivity index (χ3n) is 5.03. The van der Waals surface area contributed by atoms with E-state index < -0.39 is 0 Å². The summed E-state index contributed by atoms with van der Waals surface area (Å²) in [7, 11) is 3.24. The van der Waals surface area contributed by atoms with Gasteiger partial charge in [-0.3, -0.25) is 4.90 Å². The molecule has 0 aliphatic carbocycles. The Labute approximate surface area is 175 Å². The highest BCUT2D eigenvalue weighted by atomic mass is 16.5. The van der Waals surface area contributed by atoms with Crippen LogP contribution in [0.4, 0.5) is 11.8 Å². The Bertz CT molecular complexity index is 979. The van der Waals surface area contributed by atoms with Gasteiger partial charge >= 0.3 is 0 Å². The van der Waals surface area contributed by atoms with Gasteiger partial charge in [-0.2, -0.15) is 4.98 Å². The molecule has 0 unspecified atom stereocenters. The second-order valence-electron chi connectivity index (χ2n) is 7.05. The molecule has 0 amide bonds. The quantitative estimate of drug-likeness (QED) is 0.531. The Balaban J connectivity index is 1.56. The Morgan fingerprint density at radius 1 is 1.10 bits per heavy atom. The number of morpholine rings is 1. The number of benzene rings is 1. The first-order valence-electron chi connectivity index (χ1n) is 9.96. The lowest BCUT2D eigenvalue weighted by atomic mass is 10.1. The molecule has 1 aliphatic heterocycles. The molecule has 2 aromatic heterocycles. The summed E-state index contributed by atoms with van der Waals surface area (Å²) >= 11 is 0. The number of fused-ring (bicyclic) bond motifs is 1. The van der Waals surface area contributed by atoms with E-state index in [1.165, 1.54) is 0 Å². The SMILES string of the molecule is COc1cc(OC)cc(-c2cn3nc(N)nc3c(NCCCN3CCOCC3)n2)c1. The molecule has 1 saturated heterocycles. The molecule has 1 aromatic carbocycles. The minimum Gasteiger partial charge on any atom is -0.497 e. The van der Waals surface area contributed by atoms with Gasteiger partial charge in [0.2, 0.25) is 5.95 Å². The van der Waals surface area contributed by atoms with Crippen LogP contribution in [0.1, 0.15) is 6.42 Å². The summed E-state index contributed by atoms with van der Waals surface area (Å²) in [6.45, 7) is 5.35. The molecule has 10 nitrogen and oxygen atoms in total. The monoisotopic (exact) mass is 413 g/mol. The predicted molar refractivity (Wildman–Crippen MR) is 114 cm³/mol. The van der Waals surface area contributed by atoms with Gasteiger partial charge in [0.05, 0.1) is 39.3 Å². The van der Waals surface area contributed by atoms with Crippen LogP contribution in [0.15, 0.2) is 24.4 Å². The number of aromatic nitrogens is 4. The maximum absolute atomic E-state index is 5.83. The van der Waals surface area contributed by atoms with Crippen LogP contribution in [0.3, 0.4) is 0 Å². The third kappa shape index (κ3) is 4.55. The standard InChI is InChI=1S/C20H27N7O3/c1-28-15-10-14(11-16(12-15)29-2)17-13-27-19(24-20(21)25-27)18(23-17)22-4-3-5-26-6-8-30-9-7-26/h10-13H,3-9H2,1-2H3,(H2,21,25)(H,22,23). The van der Waals surface area contributed by atoms with Gasteiger partial charge in [-0.1, -0.05) is 0 Å². The first kappa shape index (κ1) is 20.2. The van der Waals surface area contributed by atoms with Crippen molar-refractivity contribution < 1.29 is 14.2 Å². The number of nitrogens with two attached hydrogens (primary N) is 1. The molecule has 4 rings (SSSR count). The minimum absolute atomic E-state index is 0.202. The Kier molecular flexibility index (Phi) is 6.15. The van der Waals surface area contributed by atoms with Crippen LogP contribution in [-0.4, -0.2) is 78.1 Å². The minimum atomic E-state index is 0.202. The van der Waals surface area contributed by atoms with Crippen molar-refractivity contribution >= 4 is 17.4 Å². The van der Waals surface area contributed by atoms with Crippen molar-refractivity contribution in [3.05, 3.63) is 24.4 Å². The molecule has 30 heavy (non-hydrogen) atoms. The summed E-state index contributed by atoms with van der Waals surface area (Å²) < 4.78 is 17.8. The van der Waals surface area contributed by atoms with E-state index in [0.717, 1.165) is 51.4 Å². The zero-order chi connectivity index (χ0) is 20.9. The van der Waals surface area contributed by atoms with Gasteiger partial charge in [-0.25, -0.2) is 9.50 Å². The van der Waals surface area contributed by atoms with Crippen LogP contribution in [-0.2, 0) is 4.74 Å². The second kappa shape index (κ2) is 9.14. The summed E-state index contributed by atoms with van der Waals surface area (Å²) in [5.41, 5.74) is 7.98. The van der Waals surface area contributed by atoms with E-state index in [2.05, 4.69) is 20.3 Å². The number of nitrogens with one attached hydrogen (secondary N) is 1. The largest absolute Gasteiger partial charge is 0.497 e. The van der Waals surface area contributed by atoms with E-state index in [9.17, 15) is 0 Å². The zero-order valence-electron chi connectivity index (χ0n) is 17.3. The normalized spacial score (nSPS) is 14.7. The van der Waals surface area contributed by atoms with Gasteiger partial charge in [-0.05, 0) is 25.1 Å². The fourth-order valence-electron chi connectivity index (χ4n) is 3.45. The summed E-state index contributed by atoms with van der Waals surface area (Å²) in [5, 5.41) is 7.66. The number of rotatable bonds is 8. The molecule has 0 radical (unpaired) electrons. The molecule has 3 aromatic rings. The summed E-state index contributed by atoms with van der Waals surface area (Å²) in [4.78, 5) is 11.5. The smallest absolute Gasteiger partial charge is 0.240 e. The van der Waals surface area contributed by atoms with Crippen molar-refractivity contribution in [2.45, 2.75) is 6.42 Å². The lowest BCUT2D eigenvalue weighted by Crippen LogP contribution is -2.37. The molecule has 1 aliphatic rings. The molecular formula is C20H27N7O3. The van der Waals surface area contributed by atoms with E-state index >= 15 is 0 Å². The molecule has 3 N–H and O–H groups in total. The molecule has 0 spiro atoms. The third-order valence-corrected chi connectivity index (χ3v) is 5.03. The number of hydrogen-bond acceptors (Lipinski definition) is 9. The molecule has 1 fully saturated rings. The first-order valence-corrected chi connectivity index (χ1v) is 9.96. The Morgan fingerprint density at radius 3 is 2.53 bits per heavy atom. The van der Waals surface area contributed by atoms with Crippen LogP contribution in [0.2, 0.25) is 0 Å². The number of ether oxygens (including phenoxy) is 3. The maximum atomic E-state index is 5.83. The molecule has 160 valence electrons. The molecule has 0 saturated carbocycles. The number of methoxy groups -OCH3 is 2. The van der Waals surface area contributed by atoms with Crippen LogP contribution < -0.4 is 20.5 Å². The van der Waals surface area contributed by atoms with Gasteiger partial charge in [0, 0.05) is 31.3 Å². The molecule has 10 heteroatoms. The van der Waals surface area contributed by atoms with E-state index in [1.54, 1.807) is 24.9 Å². The van der Waals surface area contributed by atoms with Crippen LogP contribution >= 0.6 is 0 Å². The zero-order valence-corrected chi connectivity index (χ0v) is 17.3. The number of nitrogen functional groups attached to an aromatic ring is 1. The van der Waals surface area contributed by atoms with Crippen LogP contribution in [0.5, 0.6) is 11.5 Å². The van der Waals surface area contributed by atoms with E-state index in [-0.39, 0.29) is 5.95 Å². The molecule has 0 atom stereocenters. The van der Waals surface area contributed by atoms with E-state index in [1.807, 2.05) is 18.2 Å². The summed E-state index contributed by atoms with van der Waals surface area (Å²) in [6.07, 6.45) is 2.78. The van der Waals surface area contributed by atoms with E-state index in [4.69, 9.17) is 24.9 Å². The molecule has 0 bridgehead atoms. The number of anilines is 2. The van der Waals surface area contributed by atoms with Crippen molar-refractivity contribution in [2.75, 3.05) is 64.7 Å². The van der Waals surface area contributed by atoms with Crippen molar-refractivity contribution in [2.24, 2.45) is 0 Å². The number of hydrogen-bond donors (Lipinski definition) is 2. The maximum Gasteiger partial charge on any atom is 0.240 e. The van der Waals surface area contributed by atoms with Crippen molar-refractivity contribution in [1.29, 1.82) is 0 Å². The van der Waals surface area contributed by atoms with Gasteiger partial charge < -0.3 is 25.3 Å². The summed E-state index contributed by atoms with van der Waals surface area (Å²) in [5.74, 6) is 2.21. The van der Waals surface area contributed by atoms with E-state index in [0.29, 0.717) is 28.7 Å². The lowest BCUT2D eigenvalue weighted by molar-refractivity contribution is 0.0378. The number of nitrogens with zero attached hydrogens (tertiary/aromatic N) is 5. The molecule has 3 heterocycles. The topological polar surface area (TPSA) is 112 Å². The fraction of sp³-hybridized carbons (Fsp3) is 0.450. The molecular weight excluding hydrogens is 386 g/mol. The van der Waals surface area contributed by atoms with Gasteiger partial charge in [0.1, 0.15) is 11.5 Å². The van der Waals surface area contributed by atoms with Crippen LogP contribution in [0, 0.1) is 0 Å². The summed E-state index contributed by atoms with van der Waals surface area (Å²) in [6, 6.07) is 5.62. The van der Waals surface area contributed by atoms with Crippen molar-refractivity contribution in [3.8, 4) is 22.8 Å². The second-order valence-corrected chi connectivity index (χ2v) is 7.05. The van der Waals surface area contributed by atoms with Gasteiger partial charge in [0.25, 0.3) is 0 Å². The predicted octanol–water partition coefficient (Wildman–Crippen LogP) is 1.52. The van der Waals surface area contributed by atoms with Crippen LogP contribution in [0.25, 0.3) is 16.9 Å². The fourth-order valence-corrected chi connectivity index (χ4v) is 3.45. The average Bonchev–Trinajstić information content (AvgIpc) is 3.17.